The summed E-state index contributed by atoms with van der Waals surface area (Å²) < 4.78 is 35.5. The number of carbonyl (C=O) groups excluding carboxylic acids is 2. The highest BCUT2D eigenvalue weighted by Crippen LogP contribution is 2.11. The predicted molar refractivity (Wildman–Crippen MR) is 68.3 cm³/mol. The van der Waals surface area contributed by atoms with Crippen LogP contribution in [0.25, 0.3) is 0 Å². The van der Waals surface area contributed by atoms with Crippen molar-refractivity contribution in [3.8, 4) is 0 Å². The molecule has 0 saturated carbocycles. The number of aryl methyl sites for hydroxylation is 1. The Morgan fingerprint density at radius 1 is 1.19 bits per heavy atom. The van der Waals surface area contributed by atoms with Crippen LogP contribution in [0.1, 0.15) is 11.3 Å². The Hall–Kier alpha value is -2.32. The maximum absolute atomic E-state index is 11.8. The van der Waals surface area contributed by atoms with Crippen LogP contribution in [0.4, 0.5) is 18.0 Å². The summed E-state index contributed by atoms with van der Waals surface area (Å²) in [5.74, 6) is -0.917. The maximum atomic E-state index is 11.8. The van der Waals surface area contributed by atoms with Gasteiger partial charge in [0, 0.05) is 18.4 Å². The summed E-state index contributed by atoms with van der Waals surface area (Å²) in [7, 11) is 0. The summed E-state index contributed by atoms with van der Waals surface area (Å²) >= 11 is 0. The number of alkyl halides is 3. The van der Waals surface area contributed by atoms with Crippen molar-refractivity contribution >= 4 is 11.9 Å². The van der Waals surface area contributed by atoms with E-state index in [0.29, 0.717) is 0 Å². The second-order valence-electron chi connectivity index (χ2n) is 4.24. The van der Waals surface area contributed by atoms with Crippen molar-refractivity contribution in [3.05, 3.63) is 29.6 Å². The van der Waals surface area contributed by atoms with Gasteiger partial charge in [-0.25, -0.2) is 4.79 Å². The third-order valence-electron chi connectivity index (χ3n) is 2.32. The first kappa shape index (κ1) is 16.7. The SMILES string of the molecule is Cc1ccc(CNC(=O)NCC(=O)NCC(F)(F)F)cn1. The average molecular weight is 304 g/mol. The fourth-order valence-electron chi connectivity index (χ4n) is 1.27. The van der Waals surface area contributed by atoms with Crippen molar-refractivity contribution in [3.63, 3.8) is 0 Å². The number of hydrogen-bond acceptors (Lipinski definition) is 3. The molecule has 0 bridgehead atoms. The normalized spacial score (nSPS) is 10.9. The molecule has 1 aromatic rings. The minimum Gasteiger partial charge on any atom is -0.345 e. The van der Waals surface area contributed by atoms with E-state index in [1.54, 1.807) is 23.6 Å². The van der Waals surface area contributed by atoms with Gasteiger partial charge >= 0.3 is 12.2 Å². The molecule has 0 atom stereocenters. The van der Waals surface area contributed by atoms with Crippen molar-refractivity contribution < 1.29 is 22.8 Å². The van der Waals surface area contributed by atoms with E-state index in [1.807, 2.05) is 6.92 Å². The molecule has 0 radical (unpaired) electrons. The Morgan fingerprint density at radius 3 is 2.48 bits per heavy atom. The van der Waals surface area contributed by atoms with E-state index in [1.165, 1.54) is 0 Å². The van der Waals surface area contributed by atoms with Crippen LogP contribution in [0, 0.1) is 6.92 Å². The Balaban J connectivity index is 2.22. The first-order chi connectivity index (χ1) is 9.76. The van der Waals surface area contributed by atoms with Gasteiger partial charge < -0.3 is 16.0 Å². The van der Waals surface area contributed by atoms with E-state index in [9.17, 15) is 22.8 Å². The molecule has 3 N–H and O–H groups in total. The smallest absolute Gasteiger partial charge is 0.345 e. The summed E-state index contributed by atoms with van der Waals surface area (Å²) in [4.78, 5) is 26.4. The van der Waals surface area contributed by atoms with Gasteiger partial charge in [-0.3, -0.25) is 9.78 Å². The number of nitrogens with zero attached hydrogens (tertiary/aromatic N) is 1. The Labute approximate surface area is 119 Å². The number of pyridine rings is 1. The van der Waals surface area contributed by atoms with Crippen LogP contribution in [0.2, 0.25) is 0 Å². The zero-order chi connectivity index (χ0) is 15.9. The second kappa shape index (κ2) is 7.46. The van der Waals surface area contributed by atoms with Crippen LogP contribution < -0.4 is 16.0 Å². The highest BCUT2D eigenvalue weighted by atomic mass is 19.4. The average Bonchev–Trinajstić information content (AvgIpc) is 2.41. The highest BCUT2D eigenvalue weighted by molar-refractivity contribution is 5.83. The van der Waals surface area contributed by atoms with Crippen LogP contribution in [0.3, 0.4) is 0 Å². The van der Waals surface area contributed by atoms with E-state index in [4.69, 9.17) is 0 Å². The number of carbonyl (C=O) groups is 2. The van der Waals surface area contributed by atoms with Gasteiger partial charge in [0.05, 0.1) is 6.54 Å². The first-order valence-corrected chi connectivity index (χ1v) is 6.03. The Kier molecular flexibility index (Phi) is 5.94. The van der Waals surface area contributed by atoms with Crippen molar-refractivity contribution in [1.82, 2.24) is 20.9 Å². The van der Waals surface area contributed by atoms with Crippen molar-refractivity contribution in [2.45, 2.75) is 19.6 Å². The lowest BCUT2D eigenvalue weighted by atomic mass is 10.2. The zero-order valence-corrected chi connectivity index (χ0v) is 11.3. The largest absolute Gasteiger partial charge is 0.405 e. The lowest BCUT2D eigenvalue weighted by Crippen LogP contribution is -2.43. The minimum absolute atomic E-state index is 0.198. The molecule has 0 aliphatic heterocycles. The molecule has 0 aromatic carbocycles. The monoisotopic (exact) mass is 304 g/mol. The van der Waals surface area contributed by atoms with Crippen molar-refractivity contribution in [1.29, 1.82) is 0 Å². The predicted octanol–water partition coefficient (Wildman–Crippen LogP) is 0.868. The molecule has 21 heavy (non-hydrogen) atoms. The molecule has 1 heterocycles. The minimum atomic E-state index is -4.48. The highest BCUT2D eigenvalue weighted by Gasteiger charge is 2.27. The van der Waals surface area contributed by atoms with E-state index in [0.717, 1.165) is 11.3 Å². The van der Waals surface area contributed by atoms with E-state index in [2.05, 4.69) is 15.6 Å². The number of halogens is 3. The quantitative estimate of drug-likeness (QED) is 0.755. The van der Waals surface area contributed by atoms with Gasteiger partial charge in [0.2, 0.25) is 5.91 Å². The van der Waals surface area contributed by atoms with Gasteiger partial charge in [-0.05, 0) is 18.6 Å². The van der Waals surface area contributed by atoms with Crippen LogP contribution in [-0.4, -0.2) is 36.2 Å². The van der Waals surface area contributed by atoms with Crippen molar-refractivity contribution in [2.75, 3.05) is 13.1 Å². The molecule has 9 heteroatoms. The number of hydrogen-bond donors (Lipinski definition) is 3. The standard InChI is InChI=1S/C12H15F3N4O2/c1-8-2-3-9(4-16-8)5-17-11(21)18-6-10(20)19-7-12(13,14)15/h2-4H,5-7H2,1H3,(H,19,20)(H2,17,18,21). The van der Waals surface area contributed by atoms with Gasteiger partial charge in [-0.1, -0.05) is 6.07 Å². The molecule has 0 fully saturated rings. The number of rotatable bonds is 5. The summed E-state index contributed by atoms with van der Waals surface area (Å²) in [5, 5.41) is 6.25. The number of urea groups is 1. The molecule has 116 valence electrons. The second-order valence-corrected chi connectivity index (χ2v) is 4.24. The molecule has 0 aliphatic rings. The van der Waals surface area contributed by atoms with Gasteiger partial charge in [-0.2, -0.15) is 13.2 Å². The Bertz CT molecular complexity index is 488. The van der Waals surface area contributed by atoms with Gasteiger partial charge in [0.25, 0.3) is 0 Å². The first-order valence-electron chi connectivity index (χ1n) is 6.03. The molecule has 0 aliphatic carbocycles. The molecule has 0 spiro atoms. The molecule has 0 saturated heterocycles. The number of nitrogens with one attached hydrogen (secondary N) is 3. The summed E-state index contributed by atoms with van der Waals surface area (Å²) in [6.07, 6.45) is -2.89. The van der Waals surface area contributed by atoms with Crippen LogP contribution in [-0.2, 0) is 11.3 Å². The van der Waals surface area contributed by atoms with Crippen LogP contribution >= 0.6 is 0 Å². The third-order valence-corrected chi connectivity index (χ3v) is 2.32. The maximum Gasteiger partial charge on any atom is 0.405 e. The molecule has 3 amide bonds. The number of amides is 3. The van der Waals surface area contributed by atoms with Crippen molar-refractivity contribution in [2.24, 2.45) is 0 Å². The molecular weight excluding hydrogens is 289 g/mol. The fraction of sp³-hybridized carbons (Fsp3) is 0.417. The Morgan fingerprint density at radius 2 is 1.90 bits per heavy atom. The lowest BCUT2D eigenvalue weighted by molar-refractivity contribution is -0.137. The third kappa shape index (κ3) is 7.75. The molecule has 0 unspecified atom stereocenters. The van der Waals surface area contributed by atoms with E-state index < -0.39 is 31.2 Å². The molecular formula is C12H15F3N4O2. The van der Waals surface area contributed by atoms with Crippen LogP contribution in [0.15, 0.2) is 18.3 Å². The molecule has 1 aromatic heterocycles. The fourth-order valence-corrected chi connectivity index (χ4v) is 1.27. The topological polar surface area (TPSA) is 83.1 Å². The molecule has 1 rings (SSSR count). The van der Waals surface area contributed by atoms with Crippen LogP contribution in [0.5, 0.6) is 0 Å². The zero-order valence-electron chi connectivity index (χ0n) is 11.3. The molecule has 6 nitrogen and oxygen atoms in total. The van der Waals surface area contributed by atoms with Gasteiger partial charge in [-0.15, -0.1) is 0 Å². The van der Waals surface area contributed by atoms with Gasteiger partial charge in [0.15, 0.2) is 0 Å². The summed E-state index contributed by atoms with van der Waals surface area (Å²) in [6, 6.07) is 2.90. The van der Waals surface area contributed by atoms with Gasteiger partial charge in [0.1, 0.15) is 6.54 Å². The summed E-state index contributed by atoms with van der Waals surface area (Å²) in [5.41, 5.74) is 1.60. The van der Waals surface area contributed by atoms with E-state index in [-0.39, 0.29) is 6.54 Å². The van der Waals surface area contributed by atoms with E-state index >= 15 is 0 Å². The number of aromatic nitrogens is 1. The lowest BCUT2D eigenvalue weighted by Gasteiger charge is -2.10. The summed E-state index contributed by atoms with van der Waals surface area (Å²) in [6.45, 7) is 0.0605.